The van der Waals surface area contributed by atoms with Crippen molar-refractivity contribution in [3.8, 4) is 0 Å². The number of anilines is 1. The van der Waals surface area contributed by atoms with Gasteiger partial charge in [-0.1, -0.05) is 53.5 Å². The number of hydrogen-bond donors (Lipinski definition) is 1. The van der Waals surface area contributed by atoms with Crippen molar-refractivity contribution in [1.82, 2.24) is 0 Å². The number of halogens is 2. The highest BCUT2D eigenvalue weighted by Gasteiger charge is 2.10. The smallest absolute Gasteiger partial charge is 0.306 e. The van der Waals surface area contributed by atoms with Gasteiger partial charge in [-0.25, -0.2) is 0 Å². The Morgan fingerprint density at radius 2 is 1.75 bits per heavy atom. The SMILES string of the molecule is O=C(CCC(=O)OCCc1ccccc1)Nc1cc(Cl)ccc1Cl. The predicted molar refractivity (Wildman–Crippen MR) is 95.4 cm³/mol. The number of carbonyl (C=O) groups is 2. The molecule has 0 aliphatic carbocycles. The molecule has 0 fully saturated rings. The Morgan fingerprint density at radius 1 is 1.00 bits per heavy atom. The van der Waals surface area contributed by atoms with Crippen LogP contribution in [0.2, 0.25) is 10.0 Å². The van der Waals surface area contributed by atoms with E-state index in [1.54, 1.807) is 18.2 Å². The van der Waals surface area contributed by atoms with E-state index in [1.165, 1.54) is 0 Å². The van der Waals surface area contributed by atoms with E-state index in [0.29, 0.717) is 28.8 Å². The fourth-order valence-corrected chi connectivity index (χ4v) is 2.36. The van der Waals surface area contributed by atoms with Crippen molar-refractivity contribution < 1.29 is 14.3 Å². The van der Waals surface area contributed by atoms with Gasteiger partial charge in [-0.15, -0.1) is 0 Å². The highest BCUT2D eigenvalue weighted by Crippen LogP contribution is 2.25. The maximum absolute atomic E-state index is 11.9. The van der Waals surface area contributed by atoms with Gasteiger partial charge < -0.3 is 10.1 Å². The van der Waals surface area contributed by atoms with Crippen LogP contribution in [0.1, 0.15) is 18.4 Å². The molecule has 0 saturated carbocycles. The van der Waals surface area contributed by atoms with E-state index in [1.807, 2.05) is 30.3 Å². The zero-order valence-electron chi connectivity index (χ0n) is 12.9. The van der Waals surface area contributed by atoms with Gasteiger partial charge in [0.25, 0.3) is 0 Å². The molecule has 0 bridgehead atoms. The van der Waals surface area contributed by atoms with Gasteiger partial charge in [0.15, 0.2) is 0 Å². The summed E-state index contributed by atoms with van der Waals surface area (Å²) in [4.78, 5) is 23.5. The molecule has 24 heavy (non-hydrogen) atoms. The van der Waals surface area contributed by atoms with Gasteiger partial charge in [0.1, 0.15) is 0 Å². The molecule has 0 atom stereocenters. The van der Waals surface area contributed by atoms with Gasteiger partial charge in [-0.2, -0.15) is 0 Å². The van der Waals surface area contributed by atoms with Crippen LogP contribution in [0.25, 0.3) is 0 Å². The van der Waals surface area contributed by atoms with Crippen LogP contribution < -0.4 is 5.32 Å². The second-order valence-electron chi connectivity index (χ2n) is 5.13. The minimum Gasteiger partial charge on any atom is -0.465 e. The molecule has 2 aromatic carbocycles. The molecule has 0 radical (unpaired) electrons. The van der Waals surface area contributed by atoms with Crippen LogP contribution in [0.3, 0.4) is 0 Å². The summed E-state index contributed by atoms with van der Waals surface area (Å²) < 4.78 is 5.12. The van der Waals surface area contributed by atoms with Crippen LogP contribution in [0.4, 0.5) is 5.69 Å². The van der Waals surface area contributed by atoms with Crippen molar-refractivity contribution >= 4 is 40.8 Å². The van der Waals surface area contributed by atoms with Crippen molar-refractivity contribution in [3.05, 3.63) is 64.1 Å². The second kappa shape index (κ2) is 9.30. The monoisotopic (exact) mass is 365 g/mol. The third-order valence-electron chi connectivity index (χ3n) is 3.26. The first-order valence-corrected chi connectivity index (χ1v) is 8.24. The van der Waals surface area contributed by atoms with Crippen molar-refractivity contribution in [3.63, 3.8) is 0 Å². The van der Waals surface area contributed by atoms with Crippen LogP contribution in [0.5, 0.6) is 0 Å². The lowest BCUT2D eigenvalue weighted by atomic mass is 10.2. The Morgan fingerprint density at radius 3 is 2.50 bits per heavy atom. The fourth-order valence-electron chi connectivity index (χ4n) is 2.02. The van der Waals surface area contributed by atoms with Crippen LogP contribution in [0.15, 0.2) is 48.5 Å². The zero-order chi connectivity index (χ0) is 17.4. The van der Waals surface area contributed by atoms with E-state index in [0.717, 1.165) is 5.56 Å². The third-order valence-corrected chi connectivity index (χ3v) is 3.82. The molecule has 0 aliphatic rings. The molecule has 0 aromatic heterocycles. The van der Waals surface area contributed by atoms with Gasteiger partial charge in [-0.05, 0) is 23.8 Å². The summed E-state index contributed by atoms with van der Waals surface area (Å²) in [7, 11) is 0. The summed E-state index contributed by atoms with van der Waals surface area (Å²) in [5, 5.41) is 3.48. The van der Waals surface area contributed by atoms with E-state index in [-0.39, 0.29) is 18.7 Å². The molecule has 6 heteroatoms. The number of carbonyl (C=O) groups excluding carboxylic acids is 2. The molecule has 1 N–H and O–H groups in total. The summed E-state index contributed by atoms with van der Waals surface area (Å²) >= 11 is 11.8. The number of hydrogen-bond acceptors (Lipinski definition) is 3. The Bertz CT molecular complexity index is 705. The predicted octanol–water partition coefficient (Wildman–Crippen LogP) is 4.50. The maximum atomic E-state index is 11.9. The van der Waals surface area contributed by atoms with E-state index in [4.69, 9.17) is 27.9 Å². The minimum absolute atomic E-state index is 0.0127. The van der Waals surface area contributed by atoms with E-state index >= 15 is 0 Å². The zero-order valence-corrected chi connectivity index (χ0v) is 14.4. The van der Waals surface area contributed by atoms with E-state index in [9.17, 15) is 9.59 Å². The van der Waals surface area contributed by atoms with Gasteiger partial charge in [0.2, 0.25) is 5.91 Å². The lowest BCUT2D eigenvalue weighted by Gasteiger charge is -2.08. The number of benzene rings is 2. The van der Waals surface area contributed by atoms with Crippen LogP contribution in [0, 0.1) is 0 Å². The highest BCUT2D eigenvalue weighted by atomic mass is 35.5. The Labute approximate surface area is 150 Å². The molecule has 126 valence electrons. The summed E-state index contributed by atoms with van der Waals surface area (Å²) in [6, 6.07) is 14.5. The van der Waals surface area contributed by atoms with Gasteiger partial charge >= 0.3 is 5.97 Å². The first-order valence-electron chi connectivity index (χ1n) is 7.49. The van der Waals surface area contributed by atoms with Gasteiger partial charge in [0, 0.05) is 17.9 Å². The van der Waals surface area contributed by atoms with Crippen molar-refractivity contribution in [2.75, 3.05) is 11.9 Å². The number of rotatable bonds is 7. The molecular weight excluding hydrogens is 349 g/mol. The molecule has 4 nitrogen and oxygen atoms in total. The number of nitrogens with one attached hydrogen (secondary N) is 1. The van der Waals surface area contributed by atoms with E-state index in [2.05, 4.69) is 5.32 Å². The Balaban J connectivity index is 1.69. The summed E-state index contributed by atoms with van der Waals surface area (Å²) in [5.41, 5.74) is 1.52. The Kier molecular flexibility index (Phi) is 7.09. The Hall–Kier alpha value is -2.04. The minimum atomic E-state index is -0.404. The molecular formula is C18H17Cl2NO3. The number of esters is 1. The van der Waals surface area contributed by atoms with Crippen LogP contribution in [-0.2, 0) is 20.7 Å². The molecule has 0 spiro atoms. The number of amides is 1. The molecule has 0 unspecified atom stereocenters. The van der Waals surface area contributed by atoms with Gasteiger partial charge in [0.05, 0.1) is 23.7 Å². The highest BCUT2D eigenvalue weighted by molar-refractivity contribution is 6.35. The largest absolute Gasteiger partial charge is 0.465 e. The molecule has 1 amide bonds. The molecule has 2 aromatic rings. The molecule has 2 rings (SSSR count). The lowest BCUT2D eigenvalue weighted by Crippen LogP contribution is -2.15. The summed E-state index contributed by atoms with van der Waals surface area (Å²) in [6.07, 6.45) is 0.683. The molecule has 0 saturated heterocycles. The molecule has 0 heterocycles. The summed E-state index contributed by atoms with van der Waals surface area (Å²) in [5.74, 6) is -0.725. The van der Waals surface area contributed by atoms with Crippen molar-refractivity contribution in [2.24, 2.45) is 0 Å². The van der Waals surface area contributed by atoms with E-state index < -0.39 is 5.97 Å². The average Bonchev–Trinajstić information content (AvgIpc) is 2.57. The topological polar surface area (TPSA) is 55.4 Å². The first-order chi connectivity index (χ1) is 11.5. The van der Waals surface area contributed by atoms with Gasteiger partial charge in [-0.3, -0.25) is 9.59 Å². The van der Waals surface area contributed by atoms with Crippen LogP contribution >= 0.6 is 23.2 Å². The van der Waals surface area contributed by atoms with Crippen molar-refractivity contribution in [2.45, 2.75) is 19.3 Å². The number of ether oxygens (including phenoxy) is 1. The third kappa shape index (κ3) is 6.22. The summed E-state index contributed by atoms with van der Waals surface area (Å²) in [6.45, 7) is 0.296. The second-order valence-corrected chi connectivity index (χ2v) is 5.97. The first kappa shape index (κ1) is 18.3. The average molecular weight is 366 g/mol. The maximum Gasteiger partial charge on any atom is 0.306 e. The normalized spacial score (nSPS) is 10.2. The lowest BCUT2D eigenvalue weighted by molar-refractivity contribution is -0.144. The standard InChI is InChI=1S/C18H17Cl2NO3/c19-14-6-7-15(20)16(12-14)21-17(22)8-9-18(23)24-11-10-13-4-2-1-3-5-13/h1-7,12H,8-11H2,(H,21,22). The quantitative estimate of drug-likeness (QED) is 0.735. The van der Waals surface area contributed by atoms with Crippen LogP contribution in [-0.4, -0.2) is 18.5 Å². The fraction of sp³-hybridized carbons (Fsp3) is 0.222. The molecule has 0 aliphatic heterocycles. The van der Waals surface area contributed by atoms with Crippen molar-refractivity contribution in [1.29, 1.82) is 0 Å².